The molecule has 33 heteroatoms. The third-order valence-corrected chi connectivity index (χ3v) is 41.7. The van der Waals surface area contributed by atoms with E-state index in [2.05, 4.69) is 67.1 Å². The van der Waals surface area contributed by atoms with Crippen molar-refractivity contribution in [2.75, 3.05) is 7.11 Å². The minimum Gasteiger partial charge on any atom is -0.468 e. The number of halogens is 29. The Morgan fingerprint density at radius 2 is 0.744 bits per heavy atom. The molecule has 16 aliphatic rings. The quantitative estimate of drug-likeness (QED) is 0.113. The average Bonchev–Trinajstić information content (AvgIpc) is 1.49. The number of aliphatic hydroxyl groups is 1. The molecule has 0 aromatic carbocycles. The van der Waals surface area contributed by atoms with Crippen LogP contribution in [0.5, 0.6) is 0 Å². The standard InChI is InChI=1S/C18H24F6.C15H30.C14H20F6.C14H17F5O2.C13H18F6O.C13H18F6.C11H18O.2CH4/c1-7-8(2)11-6-10(7)14-9-4-12(15(11)14)13(5-9)16(3,17(19,20)21)18(22,23)24;1-5-12(3)10-11-14-9-7-8-13(4)15(14)6-2;1-7-8(2)11-5-9(7)4-10(11)6-12(3,13(15,16)17)14(18,19)20;1-5-6(2)8-4-7(5)9-10(8)13(15,16)12(9,11(20)21-3)14(17,18)19;1-6-7(2)10-4-8(6)3-9(10)5-11(20,12(14,15)16)13(17,18)19;1-6-7(2)9-4-8(6)5-10(9)11(3,12(14,15)16)13(17,18)19;1-6-7(2)10-4-9(6)5-11(10)8(3)12;;/h7-15H,4-6H2,1-3H3;12-15H,5-11H2,1-4H3;7-11H,4-6H2,1-3H3;5-10H,4H2,1-3H3;6-10,20H,3-5H2,1-2H3;6-10H,4-5H2,1-3H3;6-7,9-11H,4-5H2,1-3H3;2*1H4. The fourth-order valence-corrected chi connectivity index (χ4v) is 32.2. The van der Waals surface area contributed by atoms with E-state index >= 15 is 0 Å². The molecule has 16 aliphatic carbocycles. The van der Waals surface area contributed by atoms with Gasteiger partial charge >= 0.3 is 61.6 Å². The number of rotatable bonds is 13. The van der Waals surface area contributed by atoms with Gasteiger partial charge in [0.15, 0.2) is 16.2 Å². The van der Waals surface area contributed by atoms with Gasteiger partial charge in [-0.3, -0.25) is 9.59 Å². The minimum atomic E-state index is -5.69. The number of ether oxygens (including phenoxy) is 1. The van der Waals surface area contributed by atoms with Gasteiger partial charge in [-0.2, -0.15) is 119 Å². The first-order valence-electron chi connectivity index (χ1n) is 48.7. The monoisotopic (exact) mass is 1970 g/mol. The lowest BCUT2D eigenvalue weighted by Gasteiger charge is -2.62. The maximum Gasteiger partial charge on any atom is 0.426 e. The van der Waals surface area contributed by atoms with Gasteiger partial charge in [-0.05, 0) is 337 Å². The van der Waals surface area contributed by atoms with E-state index in [9.17, 15) is 142 Å². The number of hydrogen-bond donors (Lipinski definition) is 1. The van der Waals surface area contributed by atoms with Crippen molar-refractivity contribution in [2.45, 2.75) is 355 Å². The molecule has 133 heavy (non-hydrogen) atoms. The molecule has 40 atom stereocenters. The van der Waals surface area contributed by atoms with Crippen molar-refractivity contribution in [2.24, 2.45) is 252 Å². The summed E-state index contributed by atoms with van der Waals surface area (Å²) in [6.07, 6.45) is -32.6. The molecular weight excluding hydrogens is 1820 g/mol. The Balaban J connectivity index is 0.000000192. The first-order valence-corrected chi connectivity index (χ1v) is 48.7. The summed E-state index contributed by atoms with van der Waals surface area (Å²) in [6.45, 7) is 36.7. The third-order valence-electron chi connectivity index (χ3n) is 41.7. The van der Waals surface area contributed by atoms with Crippen LogP contribution in [-0.4, -0.2) is 91.1 Å². The fourth-order valence-electron chi connectivity index (χ4n) is 32.2. The SMILES string of the molecule is C.C.CC(=O)C1CC2CC1C(C)C2C.CC1C(C)C2CC1C1C3CC(C21)C(C(C)(C(F)(F)F)C(F)(F)F)C3.CC1C2CC(C1C)C(C(C)(C(F)(F)F)C(F)(F)F)C2.CC1C2CC(CC(C)(C(F)(F)F)C(F)(F)F)C(C2)C1C.CC1C2CC(CC(O)(C(F)(F)F)C(F)(F)F)C(C2)C1C.CCC(C)CCC1CCCC(C)C1CC.COC(=O)C1(C(F)(F)F)C2C3CC(C(C)C3C)C2C1(F)F. The van der Waals surface area contributed by atoms with E-state index in [1.54, 1.807) is 20.8 Å². The van der Waals surface area contributed by atoms with Gasteiger partial charge < -0.3 is 9.84 Å². The van der Waals surface area contributed by atoms with Gasteiger partial charge in [-0.25, -0.2) is 8.78 Å². The highest BCUT2D eigenvalue weighted by molar-refractivity contribution is 5.82. The van der Waals surface area contributed by atoms with Crippen molar-refractivity contribution in [3.63, 3.8) is 0 Å². The number of carbonyl (C=O) groups excluding carboxylic acids is 2. The van der Waals surface area contributed by atoms with E-state index in [0.29, 0.717) is 118 Å². The number of ketones is 1. The maximum atomic E-state index is 14.5. The normalized spacial score (nSPS) is 42.9. The predicted octanol–water partition coefficient (Wildman–Crippen LogP) is 33.1. The van der Waals surface area contributed by atoms with E-state index in [4.69, 9.17) is 0 Å². The maximum absolute atomic E-state index is 14.5. The lowest BCUT2D eigenvalue weighted by molar-refractivity contribution is -0.398. The highest BCUT2D eigenvalue weighted by Crippen LogP contribution is 2.82. The second kappa shape index (κ2) is 39.3. The number of carbonyl (C=O) groups is 2. The van der Waals surface area contributed by atoms with Gasteiger partial charge in [0, 0.05) is 17.8 Å². The van der Waals surface area contributed by atoms with Crippen LogP contribution in [0.2, 0.25) is 0 Å². The molecule has 0 aliphatic heterocycles. The van der Waals surface area contributed by atoms with Gasteiger partial charge in [0.25, 0.3) is 11.5 Å². The fraction of sp³-hybridized carbons (Fsp3) is 0.980. The molecule has 0 amide bonds. The highest BCUT2D eigenvalue weighted by Gasteiger charge is 2.94. The number of esters is 1. The molecule has 40 unspecified atom stereocenters. The molecule has 0 heterocycles. The molecule has 0 radical (unpaired) electrons. The van der Waals surface area contributed by atoms with Crippen molar-refractivity contribution >= 4 is 11.8 Å². The topological polar surface area (TPSA) is 63.6 Å². The Morgan fingerprint density at radius 1 is 0.391 bits per heavy atom. The molecule has 0 aromatic rings. The van der Waals surface area contributed by atoms with E-state index in [1.807, 2.05) is 34.6 Å². The Bertz CT molecular complexity index is 3700. The first kappa shape index (κ1) is 115. The molecule has 0 aromatic heterocycles. The molecule has 4 nitrogen and oxygen atoms in total. The van der Waals surface area contributed by atoms with Gasteiger partial charge in [-0.15, -0.1) is 0 Å². The van der Waals surface area contributed by atoms with Crippen LogP contribution >= 0.6 is 0 Å². The van der Waals surface area contributed by atoms with Crippen molar-refractivity contribution < 1.29 is 147 Å². The van der Waals surface area contributed by atoms with E-state index in [0.717, 1.165) is 67.3 Å². The zero-order valence-corrected chi connectivity index (χ0v) is 79.5. The van der Waals surface area contributed by atoms with Gasteiger partial charge in [0.1, 0.15) is 5.78 Å². The van der Waals surface area contributed by atoms with Crippen LogP contribution in [0.25, 0.3) is 0 Å². The third kappa shape index (κ3) is 19.4. The number of methoxy groups -OCH3 is 1. The largest absolute Gasteiger partial charge is 0.468 e. The molecule has 16 saturated carbocycles. The second-order valence-corrected chi connectivity index (χ2v) is 46.3. The zero-order chi connectivity index (χ0) is 99.7. The number of Topliss-reactive ketones (excluding diaryl/α,β-unsaturated/α-hetero) is 1. The van der Waals surface area contributed by atoms with Gasteiger partial charge in [0.2, 0.25) is 5.41 Å². The van der Waals surface area contributed by atoms with Crippen LogP contribution in [-0.2, 0) is 14.3 Å². The van der Waals surface area contributed by atoms with E-state index < -0.39 is 167 Å². The summed E-state index contributed by atoms with van der Waals surface area (Å²) in [5.41, 5.74) is -19.0. The van der Waals surface area contributed by atoms with E-state index in [-0.39, 0.29) is 98.7 Å². The van der Waals surface area contributed by atoms with E-state index in [1.165, 1.54) is 57.8 Å². The van der Waals surface area contributed by atoms with Crippen molar-refractivity contribution in [1.82, 2.24) is 0 Å². The average molecular weight is 1970 g/mol. The summed E-state index contributed by atoms with van der Waals surface area (Å²) in [5, 5.41) is 9.28. The number of alkyl halides is 29. The molecular formula is C100H153F29O4. The second-order valence-electron chi connectivity index (χ2n) is 46.3. The van der Waals surface area contributed by atoms with Crippen LogP contribution in [0.4, 0.5) is 127 Å². The Morgan fingerprint density at radius 3 is 1.11 bits per heavy atom. The summed E-state index contributed by atoms with van der Waals surface area (Å²) < 4.78 is 387. The number of hydrogen-bond acceptors (Lipinski definition) is 4. The summed E-state index contributed by atoms with van der Waals surface area (Å²) in [7, 11) is 0.735. The predicted molar refractivity (Wildman–Crippen MR) is 451 cm³/mol. The van der Waals surface area contributed by atoms with Gasteiger partial charge in [-0.1, -0.05) is 164 Å². The summed E-state index contributed by atoms with van der Waals surface area (Å²) in [5.74, 6) is -2.24. The highest BCUT2D eigenvalue weighted by atomic mass is 19.5. The van der Waals surface area contributed by atoms with Crippen molar-refractivity contribution in [3.05, 3.63) is 0 Å². The molecule has 0 saturated heterocycles. The Kier molecular flexibility index (Phi) is 34.1. The Labute approximate surface area is 770 Å². The van der Waals surface area contributed by atoms with Gasteiger partial charge in [0.05, 0.1) is 7.11 Å². The molecule has 0 spiro atoms. The number of fused-ring (bicyclic) bond motifs is 22. The van der Waals surface area contributed by atoms with Crippen LogP contribution in [0.15, 0.2) is 0 Å². The molecule has 16 fully saturated rings. The van der Waals surface area contributed by atoms with Crippen molar-refractivity contribution in [1.29, 1.82) is 0 Å². The molecule has 14 bridgehead atoms. The first-order chi connectivity index (χ1) is 59.4. The minimum absolute atomic E-state index is 0. The van der Waals surface area contributed by atoms with Crippen molar-refractivity contribution in [3.8, 4) is 0 Å². The Hall–Kier alpha value is -2.93. The van der Waals surface area contributed by atoms with Crippen LogP contribution in [0.1, 0.15) is 288 Å². The summed E-state index contributed by atoms with van der Waals surface area (Å²) in [4.78, 5) is 23.1. The summed E-state index contributed by atoms with van der Waals surface area (Å²) >= 11 is 0. The van der Waals surface area contributed by atoms with Crippen LogP contribution < -0.4 is 0 Å². The summed E-state index contributed by atoms with van der Waals surface area (Å²) in [6, 6.07) is 0. The lowest BCUT2D eigenvalue weighted by atomic mass is 9.44. The van der Waals surface area contributed by atoms with Crippen LogP contribution in [0, 0.1) is 252 Å². The molecule has 780 valence electrons. The smallest absolute Gasteiger partial charge is 0.426 e. The molecule has 1 N–H and O–H groups in total. The zero-order valence-electron chi connectivity index (χ0n) is 79.5. The molecule has 16 rings (SSSR count). The van der Waals surface area contributed by atoms with Crippen LogP contribution in [0.3, 0.4) is 0 Å². The lowest BCUT2D eigenvalue weighted by Crippen LogP contribution is -2.77.